The summed E-state index contributed by atoms with van der Waals surface area (Å²) in [4.78, 5) is 1.88. The normalized spacial score (nSPS) is 10.6. The summed E-state index contributed by atoms with van der Waals surface area (Å²) >= 11 is 0. The highest BCUT2D eigenvalue weighted by Gasteiger charge is 2.26. The Balaban J connectivity index is 3.85. The van der Waals surface area contributed by atoms with Crippen molar-refractivity contribution in [1.82, 2.24) is 0 Å². The molecule has 0 bridgehead atoms. The van der Waals surface area contributed by atoms with Crippen LogP contribution in [0.5, 0.6) is 0 Å². The number of azide groups is 1. The minimum atomic E-state index is -3.69. The maximum absolute atomic E-state index is 11.8. The number of halogens is 2. The maximum atomic E-state index is 11.8. The Morgan fingerprint density at radius 3 is 2.67 bits per heavy atom. The molecule has 0 aliphatic carbocycles. The van der Waals surface area contributed by atoms with Gasteiger partial charge in [-0.2, -0.15) is 8.78 Å². The zero-order valence-corrected chi connectivity index (χ0v) is 4.71. The molecule has 0 amide bonds. The summed E-state index contributed by atoms with van der Waals surface area (Å²) in [6.07, 6.45) is -3.69. The average Bonchev–Trinajstić information content (AvgIpc) is 1.64. The standard InChI is InChI=1S/C3H5F2N3O/c1-2-9-3(4,5)7-8-6/h2H2,1H3. The maximum Gasteiger partial charge on any atom is 0.437 e. The molecule has 0 aromatic heterocycles. The Morgan fingerprint density at radius 1 is 1.78 bits per heavy atom. The van der Waals surface area contributed by atoms with Crippen LogP contribution >= 0.6 is 0 Å². The molecule has 0 aromatic carbocycles. The van der Waals surface area contributed by atoms with Crippen LogP contribution in [0.2, 0.25) is 0 Å². The van der Waals surface area contributed by atoms with Crippen LogP contribution in [-0.4, -0.2) is 12.8 Å². The number of rotatable bonds is 3. The van der Waals surface area contributed by atoms with E-state index in [-0.39, 0.29) is 6.61 Å². The van der Waals surface area contributed by atoms with Gasteiger partial charge in [0.1, 0.15) is 0 Å². The van der Waals surface area contributed by atoms with Gasteiger partial charge >= 0.3 is 6.23 Å². The van der Waals surface area contributed by atoms with Crippen LogP contribution in [0.15, 0.2) is 5.11 Å². The van der Waals surface area contributed by atoms with Crippen molar-refractivity contribution in [1.29, 1.82) is 0 Å². The lowest BCUT2D eigenvalue weighted by atomic mass is 10.9. The molecule has 0 spiro atoms. The fourth-order valence-corrected chi connectivity index (χ4v) is 0.255. The van der Waals surface area contributed by atoms with Crippen LogP contribution in [0.3, 0.4) is 0 Å². The summed E-state index contributed by atoms with van der Waals surface area (Å²) < 4.78 is 27.3. The first kappa shape index (κ1) is 8.13. The molecule has 0 aromatic rings. The molecule has 6 heteroatoms. The van der Waals surface area contributed by atoms with Crippen molar-refractivity contribution in [2.45, 2.75) is 13.2 Å². The molecular formula is C3H5F2N3O. The summed E-state index contributed by atoms with van der Waals surface area (Å²) in [5, 5.41) is 2.07. The molecule has 0 saturated carbocycles. The van der Waals surface area contributed by atoms with Gasteiger partial charge < -0.3 is 4.74 Å². The fourth-order valence-electron chi connectivity index (χ4n) is 0.255. The van der Waals surface area contributed by atoms with Crippen molar-refractivity contribution < 1.29 is 13.5 Å². The molecule has 9 heavy (non-hydrogen) atoms. The molecule has 0 saturated heterocycles. The van der Waals surface area contributed by atoms with Gasteiger partial charge in [0.15, 0.2) is 0 Å². The van der Waals surface area contributed by atoms with Crippen molar-refractivity contribution >= 4 is 0 Å². The highest BCUT2D eigenvalue weighted by Crippen LogP contribution is 2.15. The second-order valence-corrected chi connectivity index (χ2v) is 1.11. The molecule has 0 radical (unpaired) electrons. The Bertz CT molecular complexity index is 131. The molecule has 0 aliphatic rings. The quantitative estimate of drug-likeness (QED) is 0.253. The van der Waals surface area contributed by atoms with Crippen LogP contribution in [0.4, 0.5) is 8.78 Å². The number of nitrogens with zero attached hydrogens (tertiary/aromatic N) is 3. The first-order valence-electron chi connectivity index (χ1n) is 2.20. The summed E-state index contributed by atoms with van der Waals surface area (Å²) in [6, 6.07) is 0. The Morgan fingerprint density at radius 2 is 2.33 bits per heavy atom. The van der Waals surface area contributed by atoms with E-state index in [1.165, 1.54) is 6.92 Å². The summed E-state index contributed by atoms with van der Waals surface area (Å²) in [7, 11) is 0. The van der Waals surface area contributed by atoms with Gasteiger partial charge in [0.2, 0.25) is 0 Å². The third kappa shape index (κ3) is 3.69. The van der Waals surface area contributed by atoms with Crippen LogP contribution in [0.25, 0.3) is 10.4 Å². The van der Waals surface area contributed by atoms with Crippen LogP contribution in [0.1, 0.15) is 6.92 Å². The predicted octanol–water partition coefficient (Wildman–Crippen LogP) is 1.88. The molecular weight excluding hydrogens is 132 g/mol. The minimum absolute atomic E-state index is 0.188. The van der Waals surface area contributed by atoms with Crippen molar-refractivity contribution in [3.8, 4) is 0 Å². The molecule has 0 unspecified atom stereocenters. The van der Waals surface area contributed by atoms with Crippen LogP contribution in [-0.2, 0) is 4.74 Å². The fraction of sp³-hybridized carbons (Fsp3) is 1.00. The summed E-state index contributed by atoms with van der Waals surface area (Å²) in [6.45, 7) is 1.19. The first-order chi connectivity index (χ1) is 4.12. The minimum Gasteiger partial charge on any atom is -0.316 e. The number of alkyl halides is 2. The monoisotopic (exact) mass is 137 g/mol. The molecule has 0 heterocycles. The lowest BCUT2D eigenvalue weighted by Gasteiger charge is -2.06. The van der Waals surface area contributed by atoms with E-state index in [1.807, 2.05) is 4.91 Å². The Hall–Kier alpha value is -0.870. The molecule has 52 valence electrons. The molecule has 0 fully saturated rings. The number of ether oxygens (including phenoxy) is 1. The van der Waals surface area contributed by atoms with Gasteiger partial charge in [-0.3, -0.25) is 0 Å². The van der Waals surface area contributed by atoms with Gasteiger partial charge in [0, 0.05) is 10.0 Å². The smallest absolute Gasteiger partial charge is 0.316 e. The lowest BCUT2D eigenvalue weighted by Crippen LogP contribution is -2.15. The third-order valence-electron chi connectivity index (χ3n) is 0.479. The summed E-state index contributed by atoms with van der Waals surface area (Å²) in [5.41, 5.74) is 7.53. The lowest BCUT2D eigenvalue weighted by molar-refractivity contribution is -0.229. The topological polar surface area (TPSA) is 58.0 Å². The van der Waals surface area contributed by atoms with E-state index in [1.54, 1.807) is 0 Å². The number of hydrogen-bond donors (Lipinski definition) is 0. The van der Waals surface area contributed by atoms with Gasteiger partial charge in [-0.25, -0.2) is 0 Å². The zero-order valence-electron chi connectivity index (χ0n) is 4.71. The summed E-state index contributed by atoms with van der Waals surface area (Å²) in [5.74, 6) is 0. The zero-order chi connectivity index (χ0) is 7.33. The Kier molecular flexibility index (Phi) is 2.90. The van der Waals surface area contributed by atoms with Gasteiger partial charge in [-0.05, 0) is 12.5 Å². The molecule has 0 aliphatic heterocycles. The second kappa shape index (κ2) is 3.21. The highest BCUT2D eigenvalue weighted by atomic mass is 19.3. The van der Waals surface area contributed by atoms with Gasteiger partial charge in [0.05, 0.1) is 6.61 Å². The van der Waals surface area contributed by atoms with E-state index < -0.39 is 6.23 Å². The van der Waals surface area contributed by atoms with Crippen molar-refractivity contribution in [3.05, 3.63) is 10.4 Å². The van der Waals surface area contributed by atoms with Crippen LogP contribution < -0.4 is 0 Å². The van der Waals surface area contributed by atoms with Crippen molar-refractivity contribution in [2.75, 3.05) is 6.61 Å². The van der Waals surface area contributed by atoms with E-state index in [2.05, 4.69) is 9.85 Å². The van der Waals surface area contributed by atoms with Crippen LogP contribution in [0, 0.1) is 0 Å². The first-order valence-corrected chi connectivity index (χ1v) is 2.20. The largest absolute Gasteiger partial charge is 0.437 e. The van der Waals surface area contributed by atoms with Gasteiger partial charge in [0.25, 0.3) is 0 Å². The molecule has 4 nitrogen and oxygen atoms in total. The van der Waals surface area contributed by atoms with E-state index in [4.69, 9.17) is 5.53 Å². The number of hydrogen-bond acceptors (Lipinski definition) is 2. The average molecular weight is 137 g/mol. The predicted molar refractivity (Wildman–Crippen MR) is 25.7 cm³/mol. The third-order valence-corrected chi connectivity index (χ3v) is 0.479. The highest BCUT2D eigenvalue weighted by molar-refractivity contribution is 4.48. The van der Waals surface area contributed by atoms with E-state index in [0.717, 1.165) is 0 Å². The van der Waals surface area contributed by atoms with E-state index in [9.17, 15) is 8.78 Å². The van der Waals surface area contributed by atoms with Gasteiger partial charge in [-0.1, -0.05) is 0 Å². The molecule has 0 atom stereocenters. The molecule has 0 N–H and O–H groups in total. The van der Waals surface area contributed by atoms with E-state index >= 15 is 0 Å². The SMILES string of the molecule is CCOC(F)(F)N=[N+]=[N-]. The molecule has 0 rings (SSSR count). The van der Waals surface area contributed by atoms with E-state index in [0.29, 0.717) is 0 Å². The van der Waals surface area contributed by atoms with Crippen molar-refractivity contribution in [3.63, 3.8) is 0 Å². The van der Waals surface area contributed by atoms with Crippen molar-refractivity contribution in [2.24, 2.45) is 5.11 Å². The Labute approximate surface area is 50.0 Å². The second-order valence-electron chi connectivity index (χ2n) is 1.11. The van der Waals surface area contributed by atoms with Gasteiger partial charge in [-0.15, -0.1) is 0 Å².